The fourth-order valence-electron chi connectivity index (χ4n) is 3.10. The van der Waals surface area contributed by atoms with Crippen LogP contribution in [0.15, 0.2) is 60.7 Å². The number of anilines is 1. The maximum absolute atomic E-state index is 12.1. The Hall–Kier alpha value is -2.89. The van der Waals surface area contributed by atoms with Crippen LogP contribution in [0, 0.1) is 0 Å². The highest BCUT2D eigenvalue weighted by Gasteiger charge is 2.20. The molecule has 1 aliphatic heterocycles. The minimum atomic E-state index is -2.84. The average Bonchev–Trinajstić information content (AvgIpc) is 2.68. The number of hydrogen-bond donors (Lipinski definition) is 1. The molecule has 1 fully saturated rings. The monoisotopic (exact) mass is 372 g/mol. The molecule has 6 heteroatoms. The molecule has 2 aromatic rings. The lowest BCUT2D eigenvalue weighted by Crippen LogP contribution is -2.44. The molecule has 142 valence electrons. The number of rotatable bonds is 6. The number of ether oxygens (including phenoxy) is 1. The third kappa shape index (κ3) is 5.81. The number of nitrogens with one attached hydrogen (secondary N) is 1. The molecule has 1 saturated heterocycles. The van der Waals surface area contributed by atoms with Crippen LogP contribution in [-0.4, -0.2) is 31.7 Å². The van der Waals surface area contributed by atoms with Gasteiger partial charge >= 0.3 is 6.61 Å². The Morgan fingerprint density at radius 1 is 1.07 bits per heavy atom. The molecule has 0 aliphatic carbocycles. The Balaban J connectivity index is 1.45. The van der Waals surface area contributed by atoms with Crippen molar-refractivity contribution >= 4 is 17.7 Å². The van der Waals surface area contributed by atoms with Crippen LogP contribution in [0.2, 0.25) is 0 Å². The number of piperidine rings is 1. The second-order valence-electron chi connectivity index (χ2n) is 6.39. The summed E-state index contributed by atoms with van der Waals surface area (Å²) in [6, 6.07) is 16.6. The first-order valence-corrected chi connectivity index (χ1v) is 8.93. The quantitative estimate of drug-likeness (QED) is 0.777. The van der Waals surface area contributed by atoms with Gasteiger partial charge in [-0.3, -0.25) is 4.79 Å². The first kappa shape index (κ1) is 18.9. The Morgan fingerprint density at radius 2 is 1.74 bits per heavy atom. The van der Waals surface area contributed by atoms with Crippen molar-refractivity contribution in [1.29, 1.82) is 0 Å². The van der Waals surface area contributed by atoms with Crippen LogP contribution in [0.5, 0.6) is 5.75 Å². The van der Waals surface area contributed by atoms with Crippen molar-refractivity contribution in [3.05, 3.63) is 66.2 Å². The molecule has 0 bridgehead atoms. The van der Waals surface area contributed by atoms with Crippen LogP contribution >= 0.6 is 0 Å². The fourth-order valence-corrected chi connectivity index (χ4v) is 3.10. The van der Waals surface area contributed by atoms with Gasteiger partial charge in [0.05, 0.1) is 0 Å². The fraction of sp³-hybridized carbons (Fsp3) is 0.286. The normalized spacial score (nSPS) is 15.3. The zero-order valence-electron chi connectivity index (χ0n) is 14.9. The largest absolute Gasteiger partial charge is 0.435 e. The highest BCUT2D eigenvalue weighted by Crippen LogP contribution is 2.19. The predicted molar refractivity (Wildman–Crippen MR) is 102 cm³/mol. The molecule has 0 radical (unpaired) electrons. The Bertz CT molecular complexity index is 756. The molecule has 0 unspecified atom stereocenters. The van der Waals surface area contributed by atoms with Crippen LogP contribution in [-0.2, 0) is 4.79 Å². The van der Waals surface area contributed by atoms with Gasteiger partial charge in [0.1, 0.15) is 5.75 Å². The lowest BCUT2D eigenvalue weighted by Gasteiger charge is -2.33. The van der Waals surface area contributed by atoms with Crippen molar-refractivity contribution in [2.24, 2.45) is 0 Å². The van der Waals surface area contributed by atoms with E-state index in [0.29, 0.717) is 0 Å². The number of hydrogen-bond acceptors (Lipinski definition) is 3. The van der Waals surface area contributed by atoms with Gasteiger partial charge in [0, 0.05) is 30.9 Å². The van der Waals surface area contributed by atoms with E-state index in [1.165, 1.54) is 23.9 Å². The SMILES string of the molecule is O=C(/C=C/c1ccc(OC(F)F)cc1)NC1CCN(c2ccccc2)CC1. The highest BCUT2D eigenvalue weighted by molar-refractivity contribution is 5.91. The molecule has 4 nitrogen and oxygen atoms in total. The molecular formula is C21H22F2N2O2. The van der Waals surface area contributed by atoms with Crippen molar-refractivity contribution in [3.63, 3.8) is 0 Å². The van der Waals surface area contributed by atoms with E-state index in [1.54, 1.807) is 18.2 Å². The lowest BCUT2D eigenvalue weighted by atomic mass is 10.0. The van der Waals surface area contributed by atoms with E-state index in [1.807, 2.05) is 18.2 Å². The molecule has 1 heterocycles. The Morgan fingerprint density at radius 3 is 2.37 bits per heavy atom. The molecule has 2 aromatic carbocycles. The summed E-state index contributed by atoms with van der Waals surface area (Å²) in [5, 5.41) is 3.02. The smallest absolute Gasteiger partial charge is 0.387 e. The standard InChI is InChI=1S/C21H22F2N2O2/c22-21(23)27-19-9-6-16(7-10-19)8-11-20(26)24-17-12-14-25(15-13-17)18-4-2-1-3-5-18/h1-11,17,21H,12-15H2,(H,24,26)/b11-8+. The van der Waals surface area contributed by atoms with Crippen molar-refractivity contribution in [2.75, 3.05) is 18.0 Å². The van der Waals surface area contributed by atoms with E-state index in [2.05, 4.69) is 27.1 Å². The highest BCUT2D eigenvalue weighted by atomic mass is 19.3. The number of benzene rings is 2. The number of amides is 1. The third-order valence-corrected chi connectivity index (χ3v) is 4.50. The predicted octanol–water partition coefficient (Wildman–Crippen LogP) is 4.09. The maximum atomic E-state index is 12.1. The Kier molecular flexibility index (Phi) is 6.41. The maximum Gasteiger partial charge on any atom is 0.387 e. The van der Waals surface area contributed by atoms with Gasteiger partial charge in [0.15, 0.2) is 0 Å². The van der Waals surface area contributed by atoms with Gasteiger partial charge in [-0.1, -0.05) is 30.3 Å². The van der Waals surface area contributed by atoms with E-state index in [9.17, 15) is 13.6 Å². The summed E-state index contributed by atoms with van der Waals surface area (Å²) in [5.74, 6) is -0.0576. The molecule has 0 atom stereocenters. The van der Waals surface area contributed by atoms with E-state index in [0.717, 1.165) is 31.5 Å². The molecule has 0 saturated carbocycles. The summed E-state index contributed by atoms with van der Waals surface area (Å²) in [7, 11) is 0. The second kappa shape index (κ2) is 9.16. The van der Waals surface area contributed by atoms with Gasteiger partial charge in [0.25, 0.3) is 0 Å². The van der Waals surface area contributed by atoms with E-state index in [4.69, 9.17) is 0 Å². The topological polar surface area (TPSA) is 41.6 Å². The zero-order valence-corrected chi connectivity index (χ0v) is 14.9. The van der Waals surface area contributed by atoms with E-state index < -0.39 is 6.61 Å². The van der Waals surface area contributed by atoms with Crippen LogP contribution in [0.4, 0.5) is 14.5 Å². The minimum Gasteiger partial charge on any atom is -0.435 e. The van der Waals surface area contributed by atoms with Crippen LogP contribution < -0.4 is 15.0 Å². The molecule has 3 rings (SSSR count). The summed E-state index contributed by atoms with van der Waals surface area (Å²) >= 11 is 0. The van der Waals surface area contributed by atoms with Gasteiger partial charge in [-0.15, -0.1) is 0 Å². The van der Waals surface area contributed by atoms with E-state index in [-0.39, 0.29) is 17.7 Å². The molecule has 1 amide bonds. The van der Waals surface area contributed by atoms with Crippen molar-refractivity contribution in [3.8, 4) is 5.75 Å². The van der Waals surface area contributed by atoms with Crippen LogP contribution in [0.25, 0.3) is 6.08 Å². The second-order valence-corrected chi connectivity index (χ2v) is 6.39. The number of halogens is 2. The molecule has 0 aromatic heterocycles. The van der Waals surface area contributed by atoms with Crippen molar-refractivity contribution in [2.45, 2.75) is 25.5 Å². The molecule has 27 heavy (non-hydrogen) atoms. The number of nitrogens with zero attached hydrogens (tertiary/aromatic N) is 1. The van der Waals surface area contributed by atoms with Crippen molar-refractivity contribution in [1.82, 2.24) is 5.32 Å². The average molecular weight is 372 g/mol. The summed E-state index contributed by atoms with van der Waals surface area (Å²) in [4.78, 5) is 14.4. The number of carbonyl (C=O) groups is 1. The molecular weight excluding hydrogens is 350 g/mol. The lowest BCUT2D eigenvalue weighted by molar-refractivity contribution is -0.117. The first-order valence-electron chi connectivity index (χ1n) is 8.93. The van der Waals surface area contributed by atoms with Crippen LogP contribution in [0.1, 0.15) is 18.4 Å². The minimum absolute atomic E-state index is 0.0942. The zero-order chi connectivity index (χ0) is 19.1. The van der Waals surface area contributed by atoms with Gasteiger partial charge < -0.3 is 15.0 Å². The van der Waals surface area contributed by atoms with Gasteiger partial charge in [-0.25, -0.2) is 0 Å². The van der Waals surface area contributed by atoms with Crippen molar-refractivity contribution < 1.29 is 18.3 Å². The third-order valence-electron chi connectivity index (χ3n) is 4.50. The first-order chi connectivity index (χ1) is 13.1. The van der Waals surface area contributed by atoms with Gasteiger partial charge in [0.2, 0.25) is 5.91 Å². The van der Waals surface area contributed by atoms with Gasteiger partial charge in [-0.2, -0.15) is 8.78 Å². The number of para-hydroxylation sites is 1. The van der Waals surface area contributed by atoms with E-state index >= 15 is 0 Å². The van der Waals surface area contributed by atoms with Crippen LogP contribution in [0.3, 0.4) is 0 Å². The summed E-state index contributed by atoms with van der Waals surface area (Å²) in [5.41, 5.74) is 1.95. The summed E-state index contributed by atoms with van der Waals surface area (Å²) in [6.07, 6.45) is 4.91. The summed E-state index contributed by atoms with van der Waals surface area (Å²) in [6.45, 7) is -1.03. The molecule has 1 aliphatic rings. The Labute approximate surface area is 157 Å². The summed E-state index contributed by atoms with van der Waals surface area (Å²) < 4.78 is 28.5. The van der Waals surface area contributed by atoms with Gasteiger partial charge in [-0.05, 0) is 48.7 Å². The number of alkyl halides is 2. The molecule has 1 N–H and O–H groups in total. The number of carbonyl (C=O) groups excluding carboxylic acids is 1. The molecule has 0 spiro atoms.